The van der Waals surface area contributed by atoms with Crippen LogP contribution >= 0.6 is 0 Å². The summed E-state index contributed by atoms with van der Waals surface area (Å²) >= 11 is 0. The van der Waals surface area contributed by atoms with Gasteiger partial charge in [-0.05, 0) is 30.7 Å². The van der Waals surface area contributed by atoms with E-state index < -0.39 is 0 Å². The fourth-order valence-corrected chi connectivity index (χ4v) is 2.96. The number of hydrogen-bond donors (Lipinski definition) is 2. The average Bonchev–Trinajstić information content (AvgIpc) is 3.13. The van der Waals surface area contributed by atoms with Crippen molar-refractivity contribution in [2.45, 2.75) is 12.5 Å². The third-order valence-electron chi connectivity index (χ3n) is 4.25. The van der Waals surface area contributed by atoms with Crippen LogP contribution in [-0.2, 0) is 0 Å². The Labute approximate surface area is 157 Å². The van der Waals surface area contributed by atoms with E-state index in [0.717, 1.165) is 13.0 Å². The van der Waals surface area contributed by atoms with Crippen LogP contribution in [0.2, 0.25) is 0 Å². The van der Waals surface area contributed by atoms with E-state index in [1.54, 1.807) is 31.4 Å². The van der Waals surface area contributed by atoms with Crippen LogP contribution in [-0.4, -0.2) is 50.3 Å². The van der Waals surface area contributed by atoms with Crippen molar-refractivity contribution >= 4 is 11.8 Å². The third kappa shape index (κ3) is 5.29. The molecule has 0 saturated carbocycles. The first kappa shape index (κ1) is 18.9. The number of rotatable bonds is 6. The van der Waals surface area contributed by atoms with Crippen LogP contribution in [0.5, 0.6) is 5.75 Å². The van der Waals surface area contributed by atoms with Crippen molar-refractivity contribution in [2.75, 3.05) is 38.2 Å². The van der Waals surface area contributed by atoms with Crippen LogP contribution in [0.25, 0.3) is 0 Å². The van der Waals surface area contributed by atoms with E-state index in [9.17, 15) is 8.78 Å². The van der Waals surface area contributed by atoms with Crippen molar-refractivity contribution in [3.05, 3.63) is 54.2 Å². The van der Waals surface area contributed by atoms with E-state index in [-0.39, 0.29) is 17.7 Å². The van der Waals surface area contributed by atoms with Crippen LogP contribution in [0.3, 0.4) is 0 Å². The van der Waals surface area contributed by atoms with E-state index in [2.05, 4.69) is 20.6 Å². The molecule has 0 bridgehead atoms. The summed E-state index contributed by atoms with van der Waals surface area (Å²) in [7, 11) is 1.69. The van der Waals surface area contributed by atoms with Gasteiger partial charge in [-0.15, -0.1) is 0 Å². The predicted octanol–water partition coefficient (Wildman–Crippen LogP) is 2.18. The van der Waals surface area contributed by atoms with E-state index in [0.29, 0.717) is 37.2 Å². The van der Waals surface area contributed by atoms with Crippen molar-refractivity contribution in [3.8, 4) is 5.75 Å². The van der Waals surface area contributed by atoms with Crippen LogP contribution in [0.1, 0.15) is 6.42 Å². The molecule has 1 fully saturated rings. The van der Waals surface area contributed by atoms with E-state index in [4.69, 9.17) is 4.74 Å². The highest BCUT2D eigenvalue weighted by Crippen LogP contribution is 2.20. The molecule has 2 heterocycles. The Kier molecular flexibility index (Phi) is 6.40. The largest absolute Gasteiger partial charge is 0.492 e. The van der Waals surface area contributed by atoms with Crippen LogP contribution in [0.15, 0.2) is 47.6 Å². The summed E-state index contributed by atoms with van der Waals surface area (Å²) in [5.41, 5.74) is 0. The van der Waals surface area contributed by atoms with E-state index >= 15 is 0 Å². The Bertz CT molecular complexity index is 786. The number of nitrogens with one attached hydrogen (secondary N) is 2. The standard InChI is InChI=1S/C19H23F2N5O/c1-22-19(24-9-11-27-16-5-2-4-14(20)12-16)25-15-7-10-26(13-15)18-17(21)6-3-8-23-18/h2-6,8,12,15H,7,9-11,13H2,1H3,(H2,22,24,25). The van der Waals surface area contributed by atoms with Crippen LogP contribution in [0, 0.1) is 11.6 Å². The van der Waals surface area contributed by atoms with Gasteiger partial charge < -0.3 is 20.3 Å². The minimum Gasteiger partial charge on any atom is -0.492 e. The van der Waals surface area contributed by atoms with Gasteiger partial charge in [0, 0.05) is 38.4 Å². The first-order chi connectivity index (χ1) is 13.2. The number of anilines is 1. The van der Waals surface area contributed by atoms with Crippen molar-refractivity contribution in [3.63, 3.8) is 0 Å². The maximum atomic E-state index is 13.9. The fourth-order valence-electron chi connectivity index (χ4n) is 2.96. The maximum Gasteiger partial charge on any atom is 0.191 e. The zero-order chi connectivity index (χ0) is 19.1. The summed E-state index contributed by atoms with van der Waals surface area (Å²) in [5, 5.41) is 6.48. The highest BCUT2D eigenvalue weighted by molar-refractivity contribution is 5.80. The number of pyridine rings is 1. The third-order valence-corrected chi connectivity index (χ3v) is 4.25. The van der Waals surface area contributed by atoms with Gasteiger partial charge in [-0.3, -0.25) is 4.99 Å². The molecular formula is C19H23F2N5O. The molecule has 8 heteroatoms. The minimum atomic E-state index is -0.326. The van der Waals surface area contributed by atoms with Crippen molar-refractivity contribution in [2.24, 2.45) is 4.99 Å². The van der Waals surface area contributed by atoms with Gasteiger partial charge in [0.15, 0.2) is 17.6 Å². The molecule has 27 heavy (non-hydrogen) atoms. The van der Waals surface area contributed by atoms with Crippen molar-refractivity contribution < 1.29 is 13.5 Å². The van der Waals surface area contributed by atoms with Gasteiger partial charge in [0.25, 0.3) is 0 Å². The Balaban J connectivity index is 1.42. The molecule has 3 rings (SSSR count). The molecule has 1 aromatic carbocycles. The number of aliphatic imine (C=N–C) groups is 1. The van der Waals surface area contributed by atoms with E-state index in [1.165, 1.54) is 18.2 Å². The molecule has 2 aromatic rings. The lowest BCUT2D eigenvalue weighted by Gasteiger charge is -2.20. The average molecular weight is 375 g/mol. The SMILES string of the molecule is CN=C(NCCOc1cccc(F)c1)NC1CCN(c2ncccc2F)C1. The number of halogens is 2. The van der Waals surface area contributed by atoms with Gasteiger partial charge in [0.1, 0.15) is 18.2 Å². The Morgan fingerprint density at radius 1 is 1.33 bits per heavy atom. The molecule has 1 aliphatic heterocycles. The van der Waals surface area contributed by atoms with Crippen LogP contribution in [0.4, 0.5) is 14.6 Å². The second kappa shape index (κ2) is 9.16. The molecule has 2 N–H and O–H groups in total. The zero-order valence-corrected chi connectivity index (χ0v) is 15.2. The molecule has 0 spiro atoms. The Morgan fingerprint density at radius 2 is 2.22 bits per heavy atom. The highest BCUT2D eigenvalue weighted by Gasteiger charge is 2.25. The summed E-state index contributed by atoms with van der Waals surface area (Å²) in [4.78, 5) is 10.2. The molecule has 0 radical (unpaired) electrons. The molecule has 1 atom stereocenters. The second-order valence-electron chi connectivity index (χ2n) is 6.19. The summed E-state index contributed by atoms with van der Waals surface area (Å²) in [5.74, 6) is 0.881. The maximum absolute atomic E-state index is 13.9. The van der Waals surface area contributed by atoms with Gasteiger partial charge in [-0.25, -0.2) is 13.8 Å². The Hall–Kier alpha value is -2.90. The number of hydrogen-bond acceptors (Lipinski definition) is 4. The van der Waals surface area contributed by atoms with Crippen molar-refractivity contribution in [1.82, 2.24) is 15.6 Å². The summed E-state index contributed by atoms with van der Waals surface area (Å²) in [6.07, 6.45) is 2.45. The van der Waals surface area contributed by atoms with Gasteiger partial charge in [-0.2, -0.15) is 0 Å². The molecular weight excluding hydrogens is 352 g/mol. The van der Waals surface area contributed by atoms with Crippen LogP contribution < -0.4 is 20.3 Å². The second-order valence-corrected chi connectivity index (χ2v) is 6.19. The minimum absolute atomic E-state index is 0.141. The van der Waals surface area contributed by atoms with Gasteiger partial charge in [0.2, 0.25) is 0 Å². The molecule has 1 unspecified atom stereocenters. The lowest BCUT2D eigenvalue weighted by molar-refractivity contribution is 0.320. The quantitative estimate of drug-likeness (QED) is 0.460. The molecule has 0 amide bonds. The van der Waals surface area contributed by atoms with E-state index in [1.807, 2.05) is 4.90 Å². The Morgan fingerprint density at radius 3 is 3.00 bits per heavy atom. The normalized spacial score (nSPS) is 17.1. The van der Waals surface area contributed by atoms with Crippen molar-refractivity contribution in [1.29, 1.82) is 0 Å². The smallest absolute Gasteiger partial charge is 0.191 e. The number of benzene rings is 1. The first-order valence-electron chi connectivity index (χ1n) is 8.86. The number of guanidine groups is 1. The molecule has 0 aliphatic carbocycles. The number of aromatic nitrogens is 1. The van der Waals surface area contributed by atoms with Gasteiger partial charge >= 0.3 is 0 Å². The molecule has 144 valence electrons. The topological polar surface area (TPSA) is 61.8 Å². The lowest BCUT2D eigenvalue weighted by atomic mass is 10.3. The summed E-state index contributed by atoms with van der Waals surface area (Å²) in [6.45, 7) is 2.27. The van der Waals surface area contributed by atoms with Gasteiger partial charge in [0.05, 0.1) is 6.54 Å². The molecule has 1 aromatic heterocycles. The molecule has 1 aliphatic rings. The highest BCUT2D eigenvalue weighted by atomic mass is 19.1. The number of ether oxygens (including phenoxy) is 1. The lowest BCUT2D eigenvalue weighted by Crippen LogP contribution is -2.45. The van der Waals surface area contributed by atoms with Gasteiger partial charge in [-0.1, -0.05) is 6.07 Å². The first-order valence-corrected chi connectivity index (χ1v) is 8.86. The summed E-state index contributed by atoms with van der Waals surface area (Å²) in [6, 6.07) is 9.18. The molecule has 6 nitrogen and oxygen atoms in total. The monoisotopic (exact) mass is 375 g/mol. The zero-order valence-electron chi connectivity index (χ0n) is 15.2. The summed E-state index contributed by atoms with van der Waals surface area (Å²) < 4.78 is 32.5. The predicted molar refractivity (Wildman–Crippen MR) is 101 cm³/mol. The molecule has 1 saturated heterocycles. The fraction of sp³-hybridized carbons (Fsp3) is 0.368. The number of nitrogens with zero attached hydrogens (tertiary/aromatic N) is 3.